The molecule has 1 N–H and O–H groups in total. The van der Waals surface area contributed by atoms with Crippen molar-refractivity contribution in [3.63, 3.8) is 0 Å². The number of nitrogens with zero attached hydrogens (tertiary/aromatic N) is 4. The Bertz CT molecular complexity index is 898. The third-order valence-electron chi connectivity index (χ3n) is 3.47. The Morgan fingerprint density at radius 3 is 2.73 bits per heavy atom. The zero-order chi connectivity index (χ0) is 18.5. The lowest BCUT2D eigenvalue weighted by atomic mass is 10.3. The molecular formula is C18H18ClN5OS. The number of carbonyl (C=O) groups excluding carboxylic acids is 1. The molecule has 2 aromatic heterocycles. The molecule has 134 valence electrons. The van der Waals surface area contributed by atoms with Crippen LogP contribution in [0.25, 0.3) is 11.4 Å². The van der Waals surface area contributed by atoms with Crippen LogP contribution in [0.1, 0.15) is 19.9 Å². The molecule has 0 saturated carbocycles. The molecule has 0 radical (unpaired) electrons. The Labute approximate surface area is 161 Å². The Balaban J connectivity index is 1.70. The van der Waals surface area contributed by atoms with Crippen LogP contribution in [0.2, 0.25) is 5.02 Å². The van der Waals surface area contributed by atoms with Gasteiger partial charge in [-0.1, -0.05) is 29.4 Å². The van der Waals surface area contributed by atoms with E-state index in [2.05, 4.69) is 20.4 Å². The van der Waals surface area contributed by atoms with Crippen LogP contribution < -0.4 is 5.32 Å². The quantitative estimate of drug-likeness (QED) is 0.638. The van der Waals surface area contributed by atoms with Crippen molar-refractivity contribution in [1.82, 2.24) is 19.7 Å². The molecular weight excluding hydrogens is 370 g/mol. The number of thioether (sulfide) groups is 1. The number of anilines is 1. The number of benzene rings is 1. The molecule has 0 unspecified atom stereocenters. The van der Waals surface area contributed by atoms with Crippen LogP contribution in [-0.2, 0) is 4.79 Å². The summed E-state index contributed by atoms with van der Waals surface area (Å²) in [5, 5.41) is 8.67. The minimum atomic E-state index is -0.124. The summed E-state index contributed by atoms with van der Waals surface area (Å²) < 4.78 is 1.83. The van der Waals surface area contributed by atoms with Crippen molar-refractivity contribution in [3.05, 3.63) is 53.8 Å². The zero-order valence-corrected chi connectivity index (χ0v) is 16.0. The summed E-state index contributed by atoms with van der Waals surface area (Å²) in [7, 11) is 0. The van der Waals surface area contributed by atoms with Crippen molar-refractivity contribution in [2.45, 2.75) is 25.0 Å². The van der Waals surface area contributed by atoms with Crippen molar-refractivity contribution in [2.75, 3.05) is 11.1 Å². The third-order valence-corrected chi connectivity index (χ3v) is 4.65. The highest BCUT2D eigenvalue weighted by molar-refractivity contribution is 7.99. The van der Waals surface area contributed by atoms with Crippen LogP contribution in [0, 0.1) is 0 Å². The maximum absolute atomic E-state index is 12.2. The van der Waals surface area contributed by atoms with Crippen molar-refractivity contribution in [2.24, 2.45) is 0 Å². The minimum Gasteiger partial charge on any atom is -0.325 e. The molecule has 2 heterocycles. The molecule has 8 heteroatoms. The number of hydrogen-bond donors (Lipinski definition) is 1. The van der Waals surface area contributed by atoms with Gasteiger partial charge in [0.25, 0.3) is 0 Å². The second kappa shape index (κ2) is 8.33. The van der Waals surface area contributed by atoms with Crippen molar-refractivity contribution < 1.29 is 4.79 Å². The summed E-state index contributed by atoms with van der Waals surface area (Å²) in [6, 6.07) is 10.9. The molecule has 26 heavy (non-hydrogen) atoms. The molecule has 3 rings (SSSR count). The van der Waals surface area contributed by atoms with Crippen LogP contribution in [0.4, 0.5) is 5.69 Å². The molecule has 1 amide bonds. The third kappa shape index (κ3) is 4.62. The van der Waals surface area contributed by atoms with Gasteiger partial charge in [0.05, 0.1) is 5.75 Å². The molecule has 0 atom stereocenters. The smallest absolute Gasteiger partial charge is 0.234 e. The first kappa shape index (κ1) is 18.4. The van der Waals surface area contributed by atoms with Gasteiger partial charge in [-0.2, -0.15) is 0 Å². The Hall–Kier alpha value is -2.38. The first-order chi connectivity index (χ1) is 12.5. The average molecular weight is 388 g/mol. The largest absolute Gasteiger partial charge is 0.325 e. The Morgan fingerprint density at radius 2 is 2.04 bits per heavy atom. The lowest BCUT2D eigenvalue weighted by Crippen LogP contribution is -2.15. The van der Waals surface area contributed by atoms with Gasteiger partial charge in [0.15, 0.2) is 11.0 Å². The summed E-state index contributed by atoms with van der Waals surface area (Å²) >= 11 is 7.29. The van der Waals surface area contributed by atoms with Crippen molar-refractivity contribution >= 4 is 35.0 Å². The Morgan fingerprint density at radius 1 is 1.27 bits per heavy atom. The summed E-state index contributed by atoms with van der Waals surface area (Å²) in [6.07, 6.45) is 3.41. The fourth-order valence-corrected chi connectivity index (χ4v) is 3.32. The standard InChI is InChI=1S/C18H18ClN5OS/c1-12(2)24-18(22-17(23-24)13-6-8-20-9-7-13)26-11-16(25)21-15-5-3-4-14(19)10-15/h3-10,12H,11H2,1-2H3,(H,21,25). The zero-order valence-electron chi connectivity index (χ0n) is 14.4. The molecule has 1 aromatic carbocycles. The van der Waals surface area contributed by atoms with Crippen LogP contribution in [-0.4, -0.2) is 31.4 Å². The topological polar surface area (TPSA) is 72.7 Å². The van der Waals surface area contributed by atoms with Gasteiger partial charge in [0.2, 0.25) is 5.91 Å². The van der Waals surface area contributed by atoms with E-state index in [9.17, 15) is 4.79 Å². The number of halogens is 1. The van der Waals surface area contributed by atoms with Crippen molar-refractivity contribution in [3.8, 4) is 11.4 Å². The monoisotopic (exact) mass is 387 g/mol. The van der Waals surface area contributed by atoms with Crippen molar-refractivity contribution in [1.29, 1.82) is 0 Å². The fraction of sp³-hybridized carbons (Fsp3) is 0.222. The van der Waals surface area contributed by atoms with Crippen LogP contribution in [0.5, 0.6) is 0 Å². The molecule has 0 spiro atoms. The van der Waals surface area contributed by atoms with E-state index < -0.39 is 0 Å². The van der Waals surface area contributed by atoms with Gasteiger partial charge in [-0.25, -0.2) is 9.67 Å². The Kier molecular flexibility index (Phi) is 5.90. The summed E-state index contributed by atoms with van der Waals surface area (Å²) in [4.78, 5) is 20.8. The van der Waals surface area contributed by atoms with Gasteiger partial charge in [0, 0.05) is 34.7 Å². The number of aromatic nitrogens is 4. The molecule has 0 aliphatic heterocycles. The molecule has 0 saturated heterocycles. The van der Waals surface area contributed by atoms with Crippen LogP contribution in [0.3, 0.4) is 0 Å². The molecule has 0 aliphatic carbocycles. The number of rotatable bonds is 6. The number of carbonyl (C=O) groups is 1. The second-order valence-corrected chi connectivity index (χ2v) is 7.22. The van der Waals surface area contributed by atoms with E-state index in [0.717, 1.165) is 5.56 Å². The molecule has 3 aromatic rings. The van der Waals surface area contributed by atoms with Gasteiger partial charge in [-0.15, -0.1) is 5.10 Å². The summed E-state index contributed by atoms with van der Waals surface area (Å²) in [5.74, 6) is 0.730. The maximum atomic E-state index is 12.2. The lowest BCUT2D eigenvalue weighted by Gasteiger charge is -2.09. The molecule has 0 bridgehead atoms. The van der Waals surface area contributed by atoms with Crippen LogP contribution in [0.15, 0.2) is 53.9 Å². The van der Waals surface area contributed by atoms with E-state index in [1.807, 2.05) is 30.7 Å². The molecule has 6 nitrogen and oxygen atoms in total. The lowest BCUT2D eigenvalue weighted by molar-refractivity contribution is -0.113. The van der Waals surface area contributed by atoms with Gasteiger partial charge >= 0.3 is 0 Å². The SMILES string of the molecule is CC(C)n1nc(-c2ccncc2)nc1SCC(=O)Nc1cccc(Cl)c1. The predicted octanol–water partition coefficient (Wildman–Crippen LogP) is 4.31. The highest BCUT2D eigenvalue weighted by Crippen LogP contribution is 2.24. The van der Waals surface area contributed by atoms with E-state index in [0.29, 0.717) is 21.7 Å². The van der Waals surface area contributed by atoms with Gasteiger partial charge in [-0.05, 0) is 44.2 Å². The first-order valence-electron chi connectivity index (χ1n) is 8.08. The molecule has 0 aliphatic rings. The van der Waals surface area contributed by atoms with Gasteiger partial charge in [-0.3, -0.25) is 9.78 Å². The fourth-order valence-electron chi connectivity index (χ4n) is 2.26. The summed E-state index contributed by atoms with van der Waals surface area (Å²) in [5.41, 5.74) is 1.57. The second-order valence-electron chi connectivity index (χ2n) is 5.84. The van der Waals surface area contributed by atoms with Gasteiger partial charge in [0.1, 0.15) is 0 Å². The average Bonchev–Trinajstić information content (AvgIpc) is 3.05. The van der Waals surface area contributed by atoms with Gasteiger partial charge < -0.3 is 5.32 Å². The van der Waals surface area contributed by atoms with E-state index in [4.69, 9.17) is 11.6 Å². The summed E-state index contributed by atoms with van der Waals surface area (Å²) in [6.45, 7) is 4.06. The molecule has 0 fully saturated rings. The predicted molar refractivity (Wildman–Crippen MR) is 104 cm³/mol. The van der Waals surface area contributed by atoms with E-state index in [-0.39, 0.29) is 17.7 Å². The first-order valence-corrected chi connectivity index (χ1v) is 9.44. The highest BCUT2D eigenvalue weighted by Gasteiger charge is 2.16. The maximum Gasteiger partial charge on any atom is 0.234 e. The van der Waals surface area contributed by atoms with E-state index >= 15 is 0 Å². The van der Waals surface area contributed by atoms with E-state index in [1.54, 1.807) is 36.7 Å². The normalized spacial score (nSPS) is 10.9. The number of amides is 1. The number of nitrogens with one attached hydrogen (secondary N) is 1. The number of hydrogen-bond acceptors (Lipinski definition) is 5. The minimum absolute atomic E-state index is 0.124. The number of pyridine rings is 1. The van der Waals surface area contributed by atoms with Crippen LogP contribution >= 0.6 is 23.4 Å². The highest BCUT2D eigenvalue weighted by atomic mass is 35.5. The van der Waals surface area contributed by atoms with E-state index in [1.165, 1.54) is 11.8 Å².